The van der Waals surface area contributed by atoms with Crippen LogP contribution in [0.1, 0.15) is 38.6 Å². The normalized spacial score (nSPS) is 11.7. The molecule has 0 aliphatic carbocycles. The first-order valence-electron chi connectivity index (χ1n) is 6.93. The molecule has 1 heterocycles. The number of rotatable bonds is 7. The van der Waals surface area contributed by atoms with Crippen molar-refractivity contribution in [1.29, 1.82) is 0 Å². The number of anilines is 2. The Balaban J connectivity index is 2.63. The van der Waals surface area contributed by atoms with E-state index >= 15 is 0 Å². The number of ether oxygens (including phenoxy) is 1. The fourth-order valence-corrected chi connectivity index (χ4v) is 1.59. The van der Waals surface area contributed by atoms with Gasteiger partial charge in [-0.2, -0.15) is 0 Å². The van der Waals surface area contributed by atoms with Gasteiger partial charge in [0.05, 0.1) is 13.2 Å². The third-order valence-corrected chi connectivity index (χ3v) is 2.85. The molecule has 0 atom stereocenters. The number of hydrogen-bond acceptors (Lipinski definition) is 6. The standard InChI is InChI=1S/C14H26N4O2/c1-10-11(15)17-13(14(2,3)4)18-12(10)16-6-5-8-20-9-7-19/h19H,5-9H2,1-4H3,(H3,15,16,17,18). The van der Waals surface area contributed by atoms with Gasteiger partial charge in [0.25, 0.3) is 0 Å². The topological polar surface area (TPSA) is 93.3 Å². The molecule has 20 heavy (non-hydrogen) atoms. The predicted molar refractivity (Wildman–Crippen MR) is 80.9 cm³/mol. The van der Waals surface area contributed by atoms with Crippen molar-refractivity contribution in [2.24, 2.45) is 0 Å². The lowest BCUT2D eigenvalue weighted by Gasteiger charge is -2.19. The molecule has 0 amide bonds. The van der Waals surface area contributed by atoms with Gasteiger partial charge < -0.3 is 20.9 Å². The molecule has 0 aromatic carbocycles. The quantitative estimate of drug-likeness (QED) is 0.656. The highest BCUT2D eigenvalue weighted by Crippen LogP contribution is 2.24. The van der Waals surface area contributed by atoms with E-state index in [0.29, 0.717) is 19.0 Å². The van der Waals surface area contributed by atoms with E-state index < -0.39 is 0 Å². The summed E-state index contributed by atoms with van der Waals surface area (Å²) in [4.78, 5) is 8.90. The molecule has 4 N–H and O–H groups in total. The summed E-state index contributed by atoms with van der Waals surface area (Å²) < 4.78 is 5.21. The molecule has 1 aromatic rings. The number of hydrogen-bond donors (Lipinski definition) is 3. The second kappa shape index (κ2) is 7.40. The highest BCUT2D eigenvalue weighted by atomic mass is 16.5. The van der Waals surface area contributed by atoms with E-state index in [9.17, 15) is 0 Å². The molecule has 1 rings (SSSR count). The Morgan fingerprint density at radius 3 is 2.55 bits per heavy atom. The SMILES string of the molecule is Cc1c(N)nc(C(C)(C)C)nc1NCCCOCCO. The van der Waals surface area contributed by atoms with Crippen molar-refractivity contribution in [1.82, 2.24) is 9.97 Å². The van der Waals surface area contributed by atoms with E-state index in [1.807, 2.05) is 6.92 Å². The maximum absolute atomic E-state index is 8.60. The minimum atomic E-state index is -0.136. The Bertz CT molecular complexity index is 430. The Morgan fingerprint density at radius 1 is 1.25 bits per heavy atom. The van der Waals surface area contributed by atoms with Crippen molar-refractivity contribution in [3.63, 3.8) is 0 Å². The lowest BCUT2D eigenvalue weighted by molar-refractivity contribution is 0.0922. The molecule has 0 fully saturated rings. The average molecular weight is 282 g/mol. The van der Waals surface area contributed by atoms with Crippen LogP contribution in [-0.2, 0) is 10.2 Å². The van der Waals surface area contributed by atoms with E-state index in [0.717, 1.165) is 30.2 Å². The van der Waals surface area contributed by atoms with Gasteiger partial charge in [-0.15, -0.1) is 0 Å². The van der Waals surface area contributed by atoms with Crippen LogP contribution in [0.25, 0.3) is 0 Å². The fraction of sp³-hybridized carbons (Fsp3) is 0.714. The van der Waals surface area contributed by atoms with Gasteiger partial charge in [0.15, 0.2) is 0 Å². The minimum Gasteiger partial charge on any atom is -0.394 e. The second-order valence-corrected chi connectivity index (χ2v) is 5.77. The minimum absolute atomic E-state index is 0.0594. The summed E-state index contributed by atoms with van der Waals surface area (Å²) in [7, 11) is 0. The molecule has 0 spiro atoms. The first kappa shape index (κ1) is 16.7. The molecule has 0 saturated carbocycles. The van der Waals surface area contributed by atoms with Gasteiger partial charge in [-0.1, -0.05) is 20.8 Å². The summed E-state index contributed by atoms with van der Waals surface area (Å²) in [5, 5.41) is 11.9. The van der Waals surface area contributed by atoms with Crippen molar-refractivity contribution in [2.75, 3.05) is 37.4 Å². The number of nitrogens with zero attached hydrogens (tertiary/aromatic N) is 2. The largest absolute Gasteiger partial charge is 0.394 e. The monoisotopic (exact) mass is 282 g/mol. The van der Waals surface area contributed by atoms with Crippen LogP contribution >= 0.6 is 0 Å². The average Bonchev–Trinajstić information content (AvgIpc) is 2.37. The Kier molecular flexibility index (Phi) is 6.16. The molecular formula is C14H26N4O2. The van der Waals surface area contributed by atoms with Gasteiger partial charge in [-0.05, 0) is 13.3 Å². The summed E-state index contributed by atoms with van der Waals surface area (Å²) in [6.45, 7) is 9.88. The van der Waals surface area contributed by atoms with E-state index in [1.54, 1.807) is 0 Å². The number of aliphatic hydroxyl groups excluding tert-OH is 1. The van der Waals surface area contributed by atoms with Crippen molar-refractivity contribution < 1.29 is 9.84 Å². The van der Waals surface area contributed by atoms with Crippen LogP contribution in [0.4, 0.5) is 11.6 Å². The fourth-order valence-electron chi connectivity index (χ4n) is 1.59. The van der Waals surface area contributed by atoms with Gasteiger partial charge >= 0.3 is 0 Å². The zero-order chi connectivity index (χ0) is 15.2. The molecule has 6 nitrogen and oxygen atoms in total. The van der Waals surface area contributed by atoms with Crippen molar-refractivity contribution in [2.45, 2.75) is 39.5 Å². The van der Waals surface area contributed by atoms with Crippen molar-refractivity contribution in [3.05, 3.63) is 11.4 Å². The highest BCUT2D eigenvalue weighted by Gasteiger charge is 2.20. The lowest BCUT2D eigenvalue weighted by atomic mass is 9.95. The van der Waals surface area contributed by atoms with E-state index in [1.165, 1.54) is 0 Å². The Morgan fingerprint density at radius 2 is 1.95 bits per heavy atom. The summed E-state index contributed by atoms with van der Waals surface area (Å²) in [6, 6.07) is 0. The van der Waals surface area contributed by atoms with Gasteiger partial charge in [-0.3, -0.25) is 0 Å². The number of nitrogens with one attached hydrogen (secondary N) is 1. The third kappa shape index (κ3) is 4.94. The van der Waals surface area contributed by atoms with E-state index in [-0.39, 0.29) is 12.0 Å². The highest BCUT2D eigenvalue weighted by molar-refractivity contribution is 5.55. The zero-order valence-corrected chi connectivity index (χ0v) is 12.9. The maximum Gasteiger partial charge on any atom is 0.138 e. The van der Waals surface area contributed by atoms with Gasteiger partial charge in [0, 0.05) is 24.1 Å². The molecule has 0 aliphatic rings. The first-order valence-corrected chi connectivity index (χ1v) is 6.93. The van der Waals surface area contributed by atoms with Gasteiger partial charge in [0.2, 0.25) is 0 Å². The molecule has 0 saturated heterocycles. The van der Waals surface area contributed by atoms with Crippen LogP contribution in [0, 0.1) is 6.92 Å². The molecular weight excluding hydrogens is 256 g/mol. The molecule has 1 aromatic heterocycles. The van der Waals surface area contributed by atoms with Crippen molar-refractivity contribution in [3.8, 4) is 0 Å². The molecule has 6 heteroatoms. The second-order valence-electron chi connectivity index (χ2n) is 5.77. The number of nitrogens with two attached hydrogens (primary N) is 1. The summed E-state index contributed by atoms with van der Waals surface area (Å²) >= 11 is 0. The lowest BCUT2D eigenvalue weighted by Crippen LogP contribution is -2.20. The third-order valence-electron chi connectivity index (χ3n) is 2.85. The number of nitrogen functional groups attached to an aromatic ring is 1. The Labute approximate surface area is 120 Å². The van der Waals surface area contributed by atoms with Crippen LogP contribution in [0.15, 0.2) is 0 Å². The van der Waals surface area contributed by atoms with E-state index in [2.05, 4.69) is 36.1 Å². The molecule has 0 radical (unpaired) electrons. The smallest absolute Gasteiger partial charge is 0.138 e. The van der Waals surface area contributed by atoms with E-state index in [4.69, 9.17) is 15.6 Å². The van der Waals surface area contributed by atoms with Crippen LogP contribution < -0.4 is 11.1 Å². The molecule has 114 valence electrons. The maximum atomic E-state index is 8.60. The van der Waals surface area contributed by atoms with Gasteiger partial charge in [0.1, 0.15) is 17.5 Å². The molecule has 0 aliphatic heterocycles. The molecule has 0 unspecified atom stereocenters. The Hall–Kier alpha value is -1.40. The number of aromatic nitrogens is 2. The number of aliphatic hydroxyl groups is 1. The van der Waals surface area contributed by atoms with Crippen LogP contribution in [0.5, 0.6) is 0 Å². The summed E-state index contributed by atoms with van der Waals surface area (Å²) in [5.41, 5.74) is 6.68. The van der Waals surface area contributed by atoms with Crippen molar-refractivity contribution >= 4 is 11.6 Å². The summed E-state index contributed by atoms with van der Waals surface area (Å²) in [5.74, 6) is 2.04. The molecule has 0 bridgehead atoms. The van der Waals surface area contributed by atoms with Crippen LogP contribution in [-0.4, -0.2) is 41.4 Å². The summed E-state index contributed by atoms with van der Waals surface area (Å²) in [6.07, 6.45) is 0.841. The predicted octanol–water partition coefficient (Wildman–Crippen LogP) is 1.48. The van der Waals surface area contributed by atoms with Crippen LogP contribution in [0.3, 0.4) is 0 Å². The van der Waals surface area contributed by atoms with Crippen LogP contribution in [0.2, 0.25) is 0 Å². The zero-order valence-electron chi connectivity index (χ0n) is 12.9. The first-order chi connectivity index (χ1) is 9.36. The van der Waals surface area contributed by atoms with Gasteiger partial charge in [-0.25, -0.2) is 9.97 Å².